The third-order valence-electron chi connectivity index (χ3n) is 2.87. The second kappa shape index (κ2) is 7.02. The zero-order valence-corrected chi connectivity index (χ0v) is 12.6. The molecule has 0 aromatic heterocycles. The van der Waals surface area contributed by atoms with Gasteiger partial charge >= 0.3 is 0 Å². The highest BCUT2D eigenvalue weighted by molar-refractivity contribution is 7.91. The summed E-state index contributed by atoms with van der Waals surface area (Å²) in [6, 6.07) is 4.06. The largest absolute Gasteiger partial charge is 0.388 e. The van der Waals surface area contributed by atoms with Gasteiger partial charge in [0, 0.05) is 31.1 Å². The molecule has 0 fully saturated rings. The standard InChI is InChI=1S/C12H17N3O5S/c1-3-21(19,20)7-6-14-12(16)10-8-9(13-2)4-5-11(10)15(17)18/h4-5,8,13H,3,6-7H2,1-2H3,(H,14,16). The summed E-state index contributed by atoms with van der Waals surface area (Å²) in [5.74, 6) is -0.891. The van der Waals surface area contributed by atoms with Crippen molar-refractivity contribution in [2.75, 3.05) is 30.4 Å². The second-order valence-electron chi connectivity index (χ2n) is 4.23. The van der Waals surface area contributed by atoms with E-state index in [1.165, 1.54) is 25.1 Å². The van der Waals surface area contributed by atoms with Crippen LogP contribution in [0.15, 0.2) is 18.2 Å². The molecule has 0 saturated carbocycles. The Morgan fingerprint density at radius 1 is 1.38 bits per heavy atom. The van der Waals surface area contributed by atoms with Gasteiger partial charge in [-0.3, -0.25) is 14.9 Å². The van der Waals surface area contributed by atoms with E-state index in [0.717, 1.165) is 0 Å². The Hall–Kier alpha value is -2.16. The highest BCUT2D eigenvalue weighted by Crippen LogP contribution is 2.22. The van der Waals surface area contributed by atoms with Crippen LogP contribution in [-0.4, -0.2) is 44.3 Å². The number of carbonyl (C=O) groups is 1. The minimum Gasteiger partial charge on any atom is -0.388 e. The van der Waals surface area contributed by atoms with Gasteiger partial charge in [-0.05, 0) is 12.1 Å². The molecule has 1 amide bonds. The van der Waals surface area contributed by atoms with Crippen molar-refractivity contribution in [3.63, 3.8) is 0 Å². The van der Waals surface area contributed by atoms with Crippen LogP contribution < -0.4 is 10.6 Å². The summed E-state index contributed by atoms with van der Waals surface area (Å²) in [5.41, 5.74) is 0.109. The van der Waals surface area contributed by atoms with Crippen LogP contribution in [0.4, 0.5) is 11.4 Å². The van der Waals surface area contributed by atoms with Gasteiger partial charge in [-0.1, -0.05) is 6.92 Å². The first kappa shape index (κ1) is 16.9. The first-order valence-electron chi connectivity index (χ1n) is 6.25. The lowest BCUT2D eigenvalue weighted by atomic mass is 10.1. The van der Waals surface area contributed by atoms with E-state index in [1.807, 2.05) is 0 Å². The zero-order valence-electron chi connectivity index (χ0n) is 11.8. The van der Waals surface area contributed by atoms with E-state index in [0.29, 0.717) is 5.69 Å². The predicted molar refractivity (Wildman–Crippen MR) is 79.3 cm³/mol. The van der Waals surface area contributed by atoms with Gasteiger partial charge in [0.2, 0.25) is 0 Å². The first-order chi connectivity index (χ1) is 9.80. The molecule has 0 atom stereocenters. The van der Waals surface area contributed by atoms with Crippen LogP contribution in [0.1, 0.15) is 17.3 Å². The molecule has 8 nitrogen and oxygen atoms in total. The lowest BCUT2D eigenvalue weighted by Crippen LogP contribution is -2.30. The predicted octanol–water partition coefficient (Wildman–Crippen LogP) is 0.801. The summed E-state index contributed by atoms with van der Waals surface area (Å²) >= 11 is 0. The molecule has 9 heteroatoms. The van der Waals surface area contributed by atoms with Crippen LogP contribution in [0.3, 0.4) is 0 Å². The summed E-state index contributed by atoms with van der Waals surface area (Å²) in [6.45, 7) is 1.42. The molecule has 0 saturated heterocycles. The van der Waals surface area contributed by atoms with E-state index >= 15 is 0 Å². The van der Waals surface area contributed by atoms with Crippen LogP contribution in [0, 0.1) is 10.1 Å². The molecule has 0 radical (unpaired) electrons. The number of anilines is 1. The molecule has 1 aromatic carbocycles. The smallest absolute Gasteiger partial charge is 0.282 e. The van der Waals surface area contributed by atoms with Crippen LogP contribution in [0.2, 0.25) is 0 Å². The minimum absolute atomic E-state index is 0.0156. The SMILES string of the molecule is CCS(=O)(=O)CCNC(=O)c1cc(NC)ccc1[N+](=O)[O-]. The fourth-order valence-electron chi connectivity index (χ4n) is 1.59. The van der Waals surface area contributed by atoms with Gasteiger partial charge < -0.3 is 10.6 Å². The number of nitro groups is 1. The number of carbonyl (C=O) groups excluding carboxylic acids is 1. The fraction of sp³-hybridized carbons (Fsp3) is 0.417. The summed E-state index contributed by atoms with van der Waals surface area (Å²) in [4.78, 5) is 22.2. The van der Waals surface area contributed by atoms with Crippen molar-refractivity contribution in [2.24, 2.45) is 0 Å². The van der Waals surface area contributed by atoms with Gasteiger partial charge in [0.05, 0.1) is 10.7 Å². The van der Waals surface area contributed by atoms with E-state index in [4.69, 9.17) is 0 Å². The number of rotatable bonds is 7. The molecule has 0 heterocycles. The number of benzene rings is 1. The van der Waals surface area contributed by atoms with Gasteiger partial charge in [-0.2, -0.15) is 0 Å². The average molecular weight is 315 g/mol. The Morgan fingerprint density at radius 2 is 2.05 bits per heavy atom. The van der Waals surface area contributed by atoms with Gasteiger partial charge in [0.25, 0.3) is 11.6 Å². The van der Waals surface area contributed by atoms with E-state index in [9.17, 15) is 23.3 Å². The van der Waals surface area contributed by atoms with E-state index in [1.54, 1.807) is 7.05 Å². The van der Waals surface area contributed by atoms with Crippen molar-refractivity contribution in [3.05, 3.63) is 33.9 Å². The number of nitro benzene ring substituents is 1. The molecule has 0 aliphatic rings. The Kier molecular flexibility index (Phi) is 5.65. The highest BCUT2D eigenvalue weighted by atomic mass is 32.2. The number of hydrogen-bond donors (Lipinski definition) is 2. The van der Waals surface area contributed by atoms with Crippen LogP contribution >= 0.6 is 0 Å². The van der Waals surface area contributed by atoms with Crippen molar-refractivity contribution in [1.82, 2.24) is 5.32 Å². The topological polar surface area (TPSA) is 118 Å². The Bertz CT molecular complexity index is 642. The van der Waals surface area contributed by atoms with E-state index in [-0.39, 0.29) is 29.3 Å². The number of hydrogen-bond acceptors (Lipinski definition) is 6. The molecule has 0 aliphatic heterocycles. The molecule has 21 heavy (non-hydrogen) atoms. The van der Waals surface area contributed by atoms with Crippen LogP contribution in [0.25, 0.3) is 0 Å². The maximum Gasteiger partial charge on any atom is 0.282 e. The van der Waals surface area contributed by atoms with Crippen LogP contribution in [-0.2, 0) is 9.84 Å². The summed E-state index contributed by atoms with van der Waals surface area (Å²) in [6.07, 6.45) is 0. The van der Waals surface area contributed by atoms with Gasteiger partial charge in [0.15, 0.2) is 9.84 Å². The molecule has 116 valence electrons. The average Bonchev–Trinajstić information content (AvgIpc) is 2.46. The third-order valence-corrected chi connectivity index (χ3v) is 4.57. The lowest BCUT2D eigenvalue weighted by molar-refractivity contribution is -0.385. The second-order valence-corrected chi connectivity index (χ2v) is 6.70. The molecular weight excluding hydrogens is 298 g/mol. The monoisotopic (exact) mass is 315 g/mol. The maximum atomic E-state index is 12.0. The highest BCUT2D eigenvalue weighted by Gasteiger charge is 2.20. The number of sulfone groups is 1. The molecule has 0 aliphatic carbocycles. The summed E-state index contributed by atoms with van der Waals surface area (Å²) < 4.78 is 22.6. The molecular formula is C12H17N3O5S. The third kappa shape index (κ3) is 4.71. The van der Waals surface area contributed by atoms with Gasteiger partial charge in [-0.25, -0.2) is 8.42 Å². The zero-order chi connectivity index (χ0) is 16.0. The number of nitrogens with one attached hydrogen (secondary N) is 2. The summed E-state index contributed by atoms with van der Waals surface area (Å²) in [5, 5.41) is 16.1. The van der Waals surface area contributed by atoms with Crippen LogP contribution in [0.5, 0.6) is 0 Å². The van der Waals surface area contributed by atoms with Crippen molar-refractivity contribution < 1.29 is 18.1 Å². The van der Waals surface area contributed by atoms with Crippen molar-refractivity contribution in [3.8, 4) is 0 Å². The molecule has 0 bridgehead atoms. The van der Waals surface area contributed by atoms with Gasteiger partial charge in [-0.15, -0.1) is 0 Å². The van der Waals surface area contributed by atoms with Crippen molar-refractivity contribution >= 4 is 27.1 Å². The Morgan fingerprint density at radius 3 is 2.57 bits per heavy atom. The minimum atomic E-state index is -3.20. The van der Waals surface area contributed by atoms with Crippen molar-refractivity contribution in [2.45, 2.75) is 6.92 Å². The maximum absolute atomic E-state index is 12.0. The Balaban J connectivity index is 2.88. The van der Waals surface area contributed by atoms with Crippen molar-refractivity contribution in [1.29, 1.82) is 0 Å². The molecule has 0 unspecified atom stereocenters. The number of nitrogens with zero attached hydrogens (tertiary/aromatic N) is 1. The fourth-order valence-corrected chi connectivity index (χ4v) is 2.29. The normalized spacial score (nSPS) is 11.0. The Labute approximate surface area is 122 Å². The molecule has 1 aromatic rings. The summed E-state index contributed by atoms with van der Waals surface area (Å²) in [7, 11) is -1.58. The van der Waals surface area contributed by atoms with E-state index < -0.39 is 20.7 Å². The molecule has 2 N–H and O–H groups in total. The molecule has 1 rings (SSSR count). The number of amides is 1. The van der Waals surface area contributed by atoms with Gasteiger partial charge in [0.1, 0.15) is 5.56 Å². The van der Waals surface area contributed by atoms with E-state index in [2.05, 4.69) is 10.6 Å². The lowest BCUT2D eigenvalue weighted by Gasteiger charge is -2.08. The quantitative estimate of drug-likeness (QED) is 0.567. The first-order valence-corrected chi connectivity index (χ1v) is 8.07. The molecule has 0 spiro atoms.